The van der Waals surface area contributed by atoms with Crippen molar-refractivity contribution in [1.82, 2.24) is 10.2 Å². The zero-order chi connectivity index (χ0) is 13.7. The molecule has 0 spiro atoms. The number of carbonyl (C=O) groups is 1. The second-order valence-corrected chi connectivity index (χ2v) is 7.56. The summed E-state index contributed by atoms with van der Waals surface area (Å²) < 4.78 is 1.10. The third-order valence-electron chi connectivity index (χ3n) is 3.60. The molecule has 1 amide bonds. The van der Waals surface area contributed by atoms with Gasteiger partial charge in [0.2, 0.25) is 5.91 Å². The summed E-state index contributed by atoms with van der Waals surface area (Å²) in [6, 6.07) is 4.04. The third kappa shape index (κ3) is 5.35. The number of nitrogens with zero attached hydrogens (tertiary/aromatic N) is 1. The van der Waals surface area contributed by atoms with Crippen molar-refractivity contribution in [2.75, 3.05) is 26.2 Å². The lowest BCUT2D eigenvalue weighted by atomic mass is 9.96. The van der Waals surface area contributed by atoms with Crippen LogP contribution >= 0.6 is 39.7 Å². The Kier molecular flexibility index (Phi) is 8.10. The van der Waals surface area contributed by atoms with E-state index in [1.165, 1.54) is 0 Å². The fourth-order valence-corrected chi connectivity index (χ4v) is 3.92. The number of likely N-dealkylation sites (tertiary alicyclic amines) is 1. The first-order valence-electron chi connectivity index (χ1n) is 6.91. The molecule has 0 aromatic carbocycles. The molecule has 2 heterocycles. The smallest absolute Gasteiger partial charge is 0.227 e. The van der Waals surface area contributed by atoms with Crippen LogP contribution in [0.5, 0.6) is 0 Å². The molecule has 2 rings (SSSR count). The monoisotopic (exact) mass is 380 g/mol. The molecule has 0 aliphatic carbocycles. The Bertz CT molecular complexity index is 419. The van der Waals surface area contributed by atoms with Gasteiger partial charge in [0.1, 0.15) is 0 Å². The van der Waals surface area contributed by atoms with Gasteiger partial charge in [-0.05, 0) is 59.9 Å². The van der Waals surface area contributed by atoms with Crippen LogP contribution in [0.25, 0.3) is 0 Å². The largest absolute Gasteiger partial charge is 0.342 e. The molecule has 1 aromatic rings. The van der Waals surface area contributed by atoms with Crippen LogP contribution < -0.4 is 5.32 Å². The Labute approximate surface area is 139 Å². The molecule has 114 valence electrons. The Morgan fingerprint density at radius 1 is 1.45 bits per heavy atom. The Hall–Kier alpha value is -0.100. The van der Waals surface area contributed by atoms with E-state index in [0.717, 1.165) is 53.6 Å². The minimum Gasteiger partial charge on any atom is -0.342 e. The maximum atomic E-state index is 12.2. The summed E-state index contributed by atoms with van der Waals surface area (Å²) in [5, 5.41) is 3.40. The number of thiophene rings is 1. The topological polar surface area (TPSA) is 32.3 Å². The number of rotatable bonds is 5. The van der Waals surface area contributed by atoms with Crippen molar-refractivity contribution >= 4 is 45.6 Å². The molecule has 1 aromatic heterocycles. The van der Waals surface area contributed by atoms with Crippen molar-refractivity contribution in [2.45, 2.75) is 26.2 Å². The number of piperidine rings is 1. The highest BCUT2D eigenvalue weighted by Gasteiger charge is 2.22. The van der Waals surface area contributed by atoms with Crippen LogP contribution in [0.2, 0.25) is 0 Å². The standard InChI is InChI=1S/C14H21BrN2OS.ClH/c1-2-16-10-11-5-7-17(8-6-11)14(18)9-12-3-4-13(15)19-12;/h3-4,11,16H,2,5-10H2,1H3;1H. The Balaban J connectivity index is 0.00000200. The quantitative estimate of drug-likeness (QED) is 0.848. The normalized spacial score (nSPS) is 16.0. The molecule has 1 aliphatic heterocycles. The van der Waals surface area contributed by atoms with E-state index in [4.69, 9.17) is 0 Å². The molecular weight excluding hydrogens is 360 g/mol. The van der Waals surface area contributed by atoms with Gasteiger partial charge in [-0.2, -0.15) is 0 Å². The Morgan fingerprint density at radius 3 is 2.70 bits per heavy atom. The van der Waals surface area contributed by atoms with Gasteiger partial charge in [-0.1, -0.05) is 6.92 Å². The number of halogens is 2. The van der Waals surface area contributed by atoms with Crippen LogP contribution in [0.15, 0.2) is 15.9 Å². The predicted octanol–water partition coefficient (Wildman–Crippen LogP) is 3.32. The molecule has 0 atom stereocenters. The highest BCUT2D eigenvalue weighted by molar-refractivity contribution is 9.11. The molecule has 1 aliphatic rings. The summed E-state index contributed by atoms with van der Waals surface area (Å²) >= 11 is 5.09. The van der Waals surface area contributed by atoms with Crippen LogP contribution in [-0.2, 0) is 11.2 Å². The number of hydrogen-bond acceptors (Lipinski definition) is 3. The lowest BCUT2D eigenvalue weighted by Crippen LogP contribution is -2.41. The first kappa shape index (κ1) is 18.0. The molecule has 20 heavy (non-hydrogen) atoms. The molecule has 3 nitrogen and oxygen atoms in total. The second kappa shape index (κ2) is 9.03. The van der Waals surface area contributed by atoms with Crippen LogP contribution in [0.4, 0.5) is 0 Å². The van der Waals surface area contributed by atoms with E-state index in [9.17, 15) is 4.79 Å². The van der Waals surface area contributed by atoms with Crippen molar-refractivity contribution in [1.29, 1.82) is 0 Å². The number of amides is 1. The maximum absolute atomic E-state index is 12.2. The zero-order valence-electron chi connectivity index (χ0n) is 11.7. The molecule has 1 N–H and O–H groups in total. The Morgan fingerprint density at radius 2 is 2.15 bits per heavy atom. The molecular formula is C14H22BrClN2OS. The number of nitrogens with one attached hydrogen (secondary N) is 1. The molecule has 0 bridgehead atoms. The first-order valence-corrected chi connectivity index (χ1v) is 8.52. The molecule has 1 fully saturated rings. The number of hydrogen-bond donors (Lipinski definition) is 1. The summed E-state index contributed by atoms with van der Waals surface area (Å²) in [5.74, 6) is 1.01. The highest BCUT2D eigenvalue weighted by Crippen LogP contribution is 2.24. The van der Waals surface area contributed by atoms with Gasteiger partial charge < -0.3 is 10.2 Å². The maximum Gasteiger partial charge on any atom is 0.227 e. The van der Waals surface area contributed by atoms with E-state index in [0.29, 0.717) is 6.42 Å². The van der Waals surface area contributed by atoms with Crippen molar-refractivity contribution in [2.24, 2.45) is 5.92 Å². The molecule has 6 heteroatoms. The van der Waals surface area contributed by atoms with Gasteiger partial charge in [0.05, 0.1) is 10.2 Å². The third-order valence-corrected chi connectivity index (χ3v) is 5.23. The minimum absolute atomic E-state index is 0. The van der Waals surface area contributed by atoms with Gasteiger partial charge in [-0.3, -0.25) is 4.79 Å². The van der Waals surface area contributed by atoms with E-state index in [-0.39, 0.29) is 18.3 Å². The molecule has 0 unspecified atom stereocenters. The van der Waals surface area contributed by atoms with Crippen molar-refractivity contribution in [3.8, 4) is 0 Å². The summed E-state index contributed by atoms with van der Waals surface area (Å²) in [5.41, 5.74) is 0. The lowest BCUT2D eigenvalue weighted by molar-refractivity contribution is -0.131. The van der Waals surface area contributed by atoms with Gasteiger partial charge in [-0.15, -0.1) is 23.7 Å². The van der Waals surface area contributed by atoms with Crippen LogP contribution in [0.3, 0.4) is 0 Å². The second-order valence-electron chi connectivity index (χ2n) is 5.01. The van der Waals surface area contributed by atoms with Crippen molar-refractivity contribution < 1.29 is 4.79 Å². The SMILES string of the molecule is CCNCC1CCN(C(=O)Cc2ccc(Br)s2)CC1.Cl. The average molecular weight is 382 g/mol. The predicted molar refractivity (Wildman–Crippen MR) is 90.8 cm³/mol. The highest BCUT2D eigenvalue weighted by atomic mass is 79.9. The van der Waals surface area contributed by atoms with Crippen molar-refractivity contribution in [3.05, 3.63) is 20.8 Å². The molecule has 0 saturated carbocycles. The van der Waals surface area contributed by atoms with Crippen LogP contribution in [-0.4, -0.2) is 37.0 Å². The fraction of sp³-hybridized carbons (Fsp3) is 0.643. The fourth-order valence-electron chi connectivity index (χ4n) is 2.44. The van der Waals surface area contributed by atoms with Gasteiger partial charge in [-0.25, -0.2) is 0 Å². The van der Waals surface area contributed by atoms with E-state index in [2.05, 4.69) is 28.2 Å². The average Bonchev–Trinajstić information content (AvgIpc) is 2.82. The van der Waals surface area contributed by atoms with Gasteiger partial charge in [0.25, 0.3) is 0 Å². The van der Waals surface area contributed by atoms with E-state index in [1.807, 2.05) is 17.0 Å². The lowest BCUT2D eigenvalue weighted by Gasteiger charge is -2.32. The summed E-state index contributed by atoms with van der Waals surface area (Å²) in [6.45, 7) is 6.10. The summed E-state index contributed by atoms with van der Waals surface area (Å²) in [4.78, 5) is 15.4. The van der Waals surface area contributed by atoms with E-state index >= 15 is 0 Å². The first-order chi connectivity index (χ1) is 9.19. The zero-order valence-corrected chi connectivity index (χ0v) is 15.0. The van der Waals surface area contributed by atoms with E-state index < -0.39 is 0 Å². The minimum atomic E-state index is 0. The van der Waals surface area contributed by atoms with Crippen LogP contribution in [0.1, 0.15) is 24.6 Å². The van der Waals surface area contributed by atoms with Gasteiger partial charge >= 0.3 is 0 Å². The molecule has 0 radical (unpaired) electrons. The van der Waals surface area contributed by atoms with E-state index in [1.54, 1.807) is 11.3 Å². The molecule has 1 saturated heterocycles. The van der Waals surface area contributed by atoms with Crippen LogP contribution in [0, 0.1) is 5.92 Å². The summed E-state index contributed by atoms with van der Waals surface area (Å²) in [6.07, 6.45) is 2.81. The van der Waals surface area contributed by atoms with Crippen molar-refractivity contribution in [3.63, 3.8) is 0 Å². The van der Waals surface area contributed by atoms with Gasteiger partial charge in [0, 0.05) is 18.0 Å². The summed E-state index contributed by atoms with van der Waals surface area (Å²) in [7, 11) is 0. The number of carbonyl (C=O) groups excluding carboxylic acids is 1. The van der Waals surface area contributed by atoms with Gasteiger partial charge in [0.15, 0.2) is 0 Å².